The minimum Gasteiger partial charge on any atom is -0.486 e. The van der Waals surface area contributed by atoms with Gasteiger partial charge < -0.3 is 15.4 Å². The average molecular weight is 368 g/mol. The lowest BCUT2D eigenvalue weighted by Crippen LogP contribution is -2.34. The maximum atomic E-state index is 11.4. The topological polar surface area (TPSA) is 63.2 Å². The van der Waals surface area contributed by atoms with Gasteiger partial charge in [-0.25, -0.2) is 4.98 Å². The summed E-state index contributed by atoms with van der Waals surface area (Å²) in [6.45, 7) is 6.21. The Morgan fingerprint density at radius 2 is 2.04 bits per heavy atom. The highest BCUT2D eigenvalue weighted by atomic mass is 35.5. The molecule has 0 radical (unpaired) electrons. The fraction of sp³-hybridized carbons (Fsp3) is 0.412. The Morgan fingerprint density at radius 3 is 2.75 bits per heavy atom. The Morgan fingerprint density at radius 1 is 1.29 bits per heavy atom. The number of benzene rings is 1. The van der Waals surface area contributed by atoms with Crippen LogP contribution in [0.15, 0.2) is 29.6 Å². The maximum absolute atomic E-state index is 11.4. The number of rotatable bonds is 9. The molecule has 0 unspecified atom stereocenters. The molecule has 0 spiro atoms. The predicted molar refractivity (Wildman–Crippen MR) is 97.5 cm³/mol. The highest BCUT2D eigenvalue weighted by molar-refractivity contribution is 7.09. The van der Waals surface area contributed by atoms with E-state index in [9.17, 15) is 4.79 Å². The molecule has 7 heteroatoms. The molecular weight excluding hydrogens is 346 g/mol. The van der Waals surface area contributed by atoms with E-state index in [4.69, 9.17) is 16.3 Å². The molecule has 1 amide bonds. The molecule has 24 heavy (non-hydrogen) atoms. The van der Waals surface area contributed by atoms with Gasteiger partial charge in [-0.05, 0) is 24.3 Å². The molecule has 2 rings (SSSR count). The standard InChI is InChI=1S/C17H22ClN3O2S/c1-12(2)17(22)20-8-7-19-9-14-11-24-16(21-14)10-23-15-5-3-13(18)4-6-15/h3-6,11-12,19H,7-10H2,1-2H3,(H,20,22). The van der Waals surface area contributed by atoms with E-state index in [-0.39, 0.29) is 11.8 Å². The molecule has 2 N–H and O–H groups in total. The molecule has 0 aliphatic heterocycles. The van der Waals surface area contributed by atoms with Gasteiger partial charge in [0.05, 0.1) is 5.69 Å². The Kier molecular flexibility index (Phi) is 7.49. The summed E-state index contributed by atoms with van der Waals surface area (Å²) in [4.78, 5) is 15.9. The first kappa shape index (κ1) is 18.7. The first-order valence-corrected chi connectivity index (χ1v) is 9.10. The third kappa shape index (κ3) is 6.47. The number of ether oxygens (including phenoxy) is 1. The smallest absolute Gasteiger partial charge is 0.222 e. The number of halogens is 1. The van der Waals surface area contributed by atoms with E-state index in [0.29, 0.717) is 31.3 Å². The van der Waals surface area contributed by atoms with Crippen molar-refractivity contribution < 1.29 is 9.53 Å². The second-order valence-electron chi connectivity index (χ2n) is 5.60. The summed E-state index contributed by atoms with van der Waals surface area (Å²) in [6.07, 6.45) is 0. The van der Waals surface area contributed by atoms with Crippen LogP contribution >= 0.6 is 22.9 Å². The quantitative estimate of drug-likeness (QED) is 0.668. The van der Waals surface area contributed by atoms with Gasteiger partial charge in [0.25, 0.3) is 0 Å². The van der Waals surface area contributed by atoms with Gasteiger partial charge >= 0.3 is 0 Å². The van der Waals surface area contributed by atoms with E-state index in [1.54, 1.807) is 23.5 Å². The Labute approximate surface area is 151 Å². The van der Waals surface area contributed by atoms with Crippen LogP contribution in [-0.4, -0.2) is 24.0 Å². The lowest BCUT2D eigenvalue weighted by atomic mass is 10.2. The van der Waals surface area contributed by atoms with Crippen LogP contribution in [0.1, 0.15) is 24.5 Å². The van der Waals surface area contributed by atoms with Gasteiger partial charge in [0, 0.05) is 36.0 Å². The molecule has 1 heterocycles. The fourth-order valence-corrected chi connectivity index (χ4v) is 2.70. The van der Waals surface area contributed by atoms with Crippen LogP contribution in [0.3, 0.4) is 0 Å². The Bertz CT molecular complexity index is 644. The number of nitrogens with zero attached hydrogens (tertiary/aromatic N) is 1. The minimum absolute atomic E-state index is 0.0201. The molecule has 0 aliphatic carbocycles. The molecule has 2 aromatic rings. The molecule has 5 nitrogen and oxygen atoms in total. The summed E-state index contributed by atoms with van der Waals surface area (Å²) in [5, 5.41) is 9.76. The summed E-state index contributed by atoms with van der Waals surface area (Å²) in [5.74, 6) is 0.869. The molecule has 0 fully saturated rings. The van der Waals surface area contributed by atoms with Crippen molar-refractivity contribution in [1.29, 1.82) is 0 Å². The third-order valence-corrected chi connectivity index (χ3v) is 4.33. The van der Waals surface area contributed by atoms with Gasteiger partial charge in [-0.3, -0.25) is 4.79 Å². The molecule has 0 atom stereocenters. The molecule has 1 aromatic carbocycles. The van der Waals surface area contributed by atoms with Crippen LogP contribution in [0.4, 0.5) is 0 Å². The van der Waals surface area contributed by atoms with E-state index in [2.05, 4.69) is 15.6 Å². The number of amides is 1. The van der Waals surface area contributed by atoms with E-state index >= 15 is 0 Å². The summed E-state index contributed by atoms with van der Waals surface area (Å²) in [5.41, 5.74) is 0.977. The monoisotopic (exact) mass is 367 g/mol. The van der Waals surface area contributed by atoms with Crippen molar-refractivity contribution in [2.24, 2.45) is 5.92 Å². The van der Waals surface area contributed by atoms with Gasteiger partial charge in [0.15, 0.2) is 0 Å². The van der Waals surface area contributed by atoms with Crippen LogP contribution in [0, 0.1) is 5.92 Å². The highest BCUT2D eigenvalue weighted by Gasteiger charge is 2.06. The van der Waals surface area contributed by atoms with Gasteiger partial charge in [0.1, 0.15) is 17.4 Å². The number of nitrogens with one attached hydrogen (secondary N) is 2. The van der Waals surface area contributed by atoms with E-state index in [1.165, 1.54) is 0 Å². The molecule has 0 saturated carbocycles. The maximum Gasteiger partial charge on any atom is 0.222 e. The zero-order valence-corrected chi connectivity index (χ0v) is 15.4. The summed E-state index contributed by atoms with van der Waals surface area (Å²) in [6, 6.07) is 7.27. The van der Waals surface area contributed by atoms with Crippen molar-refractivity contribution in [1.82, 2.24) is 15.6 Å². The number of hydrogen-bond acceptors (Lipinski definition) is 5. The van der Waals surface area contributed by atoms with Crippen LogP contribution in [0.5, 0.6) is 5.75 Å². The van der Waals surface area contributed by atoms with E-state index < -0.39 is 0 Å². The fourth-order valence-electron chi connectivity index (χ4n) is 1.87. The molecule has 130 valence electrons. The summed E-state index contributed by atoms with van der Waals surface area (Å²) >= 11 is 7.41. The van der Waals surface area contributed by atoms with Gasteiger partial charge in [-0.15, -0.1) is 11.3 Å². The molecular formula is C17H22ClN3O2S. The first-order valence-electron chi connectivity index (χ1n) is 7.84. The third-order valence-electron chi connectivity index (χ3n) is 3.21. The number of hydrogen-bond donors (Lipinski definition) is 2. The molecule has 0 saturated heterocycles. The van der Waals surface area contributed by atoms with Gasteiger partial charge in [0.2, 0.25) is 5.91 Å². The zero-order chi connectivity index (χ0) is 17.4. The first-order chi connectivity index (χ1) is 11.5. The summed E-state index contributed by atoms with van der Waals surface area (Å²) in [7, 11) is 0. The lowest BCUT2D eigenvalue weighted by molar-refractivity contribution is -0.123. The van der Waals surface area contributed by atoms with Crippen LogP contribution in [-0.2, 0) is 17.9 Å². The normalized spacial score (nSPS) is 10.8. The van der Waals surface area contributed by atoms with Crippen molar-refractivity contribution in [3.05, 3.63) is 45.4 Å². The zero-order valence-electron chi connectivity index (χ0n) is 13.8. The van der Waals surface area contributed by atoms with Crippen LogP contribution in [0.2, 0.25) is 5.02 Å². The molecule has 0 bridgehead atoms. The van der Waals surface area contributed by atoms with Crippen molar-refractivity contribution in [2.75, 3.05) is 13.1 Å². The SMILES string of the molecule is CC(C)C(=O)NCCNCc1csc(COc2ccc(Cl)cc2)n1. The number of carbonyl (C=O) groups excluding carboxylic acids is 1. The average Bonchev–Trinajstić information content (AvgIpc) is 3.01. The second-order valence-corrected chi connectivity index (χ2v) is 6.98. The highest BCUT2D eigenvalue weighted by Crippen LogP contribution is 2.18. The second kappa shape index (κ2) is 9.61. The van der Waals surface area contributed by atoms with Crippen molar-refractivity contribution in [2.45, 2.75) is 27.0 Å². The number of aromatic nitrogens is 1. The van der Waals surface area contributed by atoms with Crippen molar-refractivity contribution in [3.63, 3.8) is 0 Å². The Balaban J connectivity index is 1.65. The van der Waals surface area contributed by atoms with Gasteiger partial charge in [-0.2, -0.15) is 0 Å². The van der Waals surface area contributed by atoms with E-state index in [1.807, 2.05) is 31.4 Å². The molecule has 0 aliphatic rings. The predicted octanol–water partition coefficient (Wildman–Crippen LogP) is 3.24. The van der Waals surface area contributed by atoms with Crippen LogP contribution < -0.4 is 15.4 Å². The number of carbonyl (C=O) groups is 1. The van der Waals surface area contributed by atoms with Gasteiger partial charge in [-0.1, -0.05) is 25.4 Å². The largest absolute Gasteiger partial charge is 0.486 e. The van der Waals surface area contributed by atoms with Crippen molar-refractivity contribution in [3.8, 4) is 5.75 Å². The lowest BCUT2D eigenvalue weighted by Gasteiger charge is -2.07. The Hall–Kier alpha value is -1.63. The number of thiazole rings is 1. The van der Waals surface area contributed by atoms with Crippen LogP contribution in [0.25, 0.3) is 0 Å². The van der Waals surface area contributed by atoms with E-state index in [0.717, 1.165) is 16.5 Å². The van der Waals surface area contributed by atoms with Crippen molar-refractivity contribution >= 4 is 28.8 Å². The summed E-state index contributed by atoms with van der Waals surface area (Å²) < 4.78 is 5.67. The minimum atomic E-state index is 0.0201. The molecule has 1 aromatic heterocycles.